The second kappa shape index (κ2) is 8.64. The molecular weight excluding hydrogens is 330 g/mol. The quantitative estimate of drug-likeness (QED) is 0.843. The van der Waals surface area contributed by atoms with Crippen LogP contribution in [0.25, 0.3) is 0 Å². The molecular formula is C20H29N3O3. The Morgan fingerprint density at radius 1 is 1.27 bits per heavy atom. The van der Waals surface area contributed by atoms with Gasteiger partial charge in [0.1, 0.15) is 0 Å². The van der Waals surface area contributed by atoms with E-state index >= 15 is 0 Å². The molecule has 0 bridgehead atoms. The van der Waals surface area contributed by atoms with E-state index in [9.17, 15) is 9.59 Å². The van der Waals surface area contributed by atoms with Gasteiger partial charge in [0.25, 0.3) is 5.91 Å². The fraction of sp³-hybridized carbons (Fsp3) is 0.600. The highest BCUT2D eigenvalue weighted by molar-refractivity contribution is 5.97. The van der Waals surface area contributed by atoms with Crippen molar-refractivity contribution in [1.29, 1.82) is 0 Å². The molecule has 2 saturated heterocycles. The SMILES string of the molecule is CC(C)CN1CCOC(CNC(=O)c2ccc(N3CCCC3=O)cc2)C1. The van der Waals surface area contributed by atoms with Crippen molar-refractivity contribution in [1.82, 2.24) is 10.2 Å². The standard InChI is InChI=1S/C20H29N3O3/c1-15(2)13-22-10-11-26-18(14-22)12-21-20(25)16-5-7-17(8-6-16)23-9-3-4-19(23)24/h5-8,15,18H,3-4,9-14H2,1-2H3,(H,21,25). The summed E-state index contributed by atoms with van der Waals surface area (Å²) in [5.41, 5.74) is 1.47. The van der Waals surface area contributed by atoms with Gasteiger partial charge in [-0.2, -0.15) is 0 Å². The van der Waals surface area contributed by atoms with Gasteiger partial charge >= 0.3 is 0 Å². The Balaban J connectivity index is 1.49. The van der Waals surface area contributed by atoms with Crippen LogP contribution in [0.5, 0.6) is 0 Å². The molecule has 0 aliphatic carbocycles. The van der Waals surface area contributed by atoms with Gasteiger partial charge in [-0.3, -0.25) is 14.5 Å². The fourth-order valence-electron chi connectivity index (χ4n) is 3.61. The molecule has 2 aliphatic rings. The Morgan fingerprint density at radius 2 is 2.04 bits per heavy atom. The summed E-state index contributed by atoms with van der Waals surface area (Å²) >= 11 is 0. The third-order valence-electron chi connectivity index (χ3n) is 4.85. The lowest BCUT2D eigenvalue weighted by atomic mass is 10.1. The van der Waals surface area contributed by atoms with Crippen LogP contribution in [-0.4, -0.2) is 62.1 Å². The number of rotatable bonds is 6. The molecule has 6 heteroatoms. The van der Waals surface area contributed by atoms with Crippen LogP contribution >= 0.6 is 0 Å². The van der Waals surface area contributed by atoms with E-state index in [1.807, 2.05) is 12.1 Å². The summed E-state index contributed by atoms with van der Waals surface area (Å²) < 4.78 is 5.77. The van der Waals surface area contributed by atoms with Crippen molar-refractivity contribution in [2.75, 3.05) is 44.2 Å². The van der Waals surface area contributed by atoms with Gasteiger partial charge < -0.3 is 15.0 Å². The van der Waals surface area contributed by atoms with Gasteiger partial charge in [0, 0.05) is 50.4 Å². The second-order valence-corrected chi connectivity index (χ2v) is 7.55. The molecule has 1 aromatic carbocycles. The summed E-state index contributed by atoms with van der Waals surface area (Å²) in [5.74, 6) is 0.681. The average molecular weight is 359 g/mol. The molecule has 0 aromatic heterocycles. The van der Waals surface area contributed by atoms with Crippen LogP contribution in [0.1, 0.15) is 37.0 Å². The van der Waals surface area contributed by atoms with Gasteiger partial charge in [-0.1, -0.05) is 13.8 Å². The lowest BCUT2D eigenvalue weighted by Gasteiger charge is -2.33. The molecule has 142 valence electrons. The first-order valence-corrected chi connectivity index (χ1v) is 9.55. The predicted octanol–water partition coefficient (Wildman–Crippen LogP) is 1.90. The molecule has 6 nitrogen and oxygen atoms in total. The Hall–Kier alpha value is -1.92. The van der Waals surface area contributed by atoms with E-state index in [-0.39, 0.29) is 17.9 Å². The molecule has 1 atom stereocenters. The number of carbonyl (C=O) groups excluding carboxylic acids is 2. The van der Waals surface area contributed by atoms with Crippen molar-refractivity contribution >= 4 is 17.5 Å². The van der Waals surface area contributed by atoms with Crippen molar-refractivity contribution < 1.29 is 14.3 Å². The van der Waals surface area contributed by atoms with Crippen LogP contribution in [0, 0.1) is 5.92 Å². The van der Waals surface area contributed by atoms with Gasteiger partial charge in [0.2, 0.25) is 5.91 Å². The number of morpholine rings is 1. The fourth-order valence-corrected chi connectivity index (χ4v) is 3.61. The average Bonchev–Trinajstić information content (AvgIpc) is 3.05. The van der Waals surface area contributed by atoms with Crippen molar-refractivity contribution in [2.45, 2.75) is 32.8 Å². The summed E-state index contributed by atoms with van der Waals surface area (Å²) in [4.78, 5) is 28.4. The predicted molar refractivity (Wildman–Crippen MR) is 101 cm³/mol. The molecule has 0 saturated carbocycles. The lowest BCUT2D eigenvalue weighted by molar-refractivity contribution is -0.117. The number of anilines is 1. The molecule has 0 radical (unpaired) electrons. The van der Waals surface area contributed by atoms with Crippen LogP contribution in [0.15, 0.2) is 24.3 Å². The molecule has 26 heavy (non-hydrogen) atoms. The first-order chi connectivity index (χ1) is 12.5. The second-order valence-electron chi connectivity index (χ2n) is 7.55. The normalized spacial score (nSPS) is 21.4. The summed E-state index contributed by atoms with van der Waals surface area (Å²) in [6.45, 7) is 9.29. The topological polar surface area (TPSA) is 61.9 Å². The highest BCUT2D eigenvalue weighted by Crippen LogP contribution is 2.21. The number of benzene rings is 1. The van der Waals surface area contributed by atoms with Gasteiger partial charge in [-0.15, -0.1) is 0 Å². The molecule has 1 unspecified atom stereocenters. The third-order valence-corrected chi connectivity index (χ3v) is 4.85. The van der Waals surface area contributed by atoms with E-state index in [1.165, 1.54) is 0 Å². The highest BCUT2D eigenvalue weighted by atomic mass is 16.5. The summed E-state index contributed by atoms with van der Waals surface area (Å²) in [7, 11) is 0. The molecule has 1 N–H and O–H groups in total. The van der Waals surface area contributed by atoms with Crippen molar-refractivity contribution in [3.05, 3.63) is 29.8 Å². The Bertz CT molecular complexity index is 630. The minimum atomic E-state index is -0.103. The third kappa shape index (κ3) is 4.83. The molecule has 2 aliphatic heterocycles. The maximum Gasteiger partial charge on any atom is 0.251 e. The van der Waals surface area contributed by atoms with Crippen LogP contribution in [-0.2, 0) is 9.53 Å². The van der Waals surface area contributed by atoms with Crippen LogP contribution in [0.3, 0.4) is 0 Å². The molecule has 3 rings (SSSR count). The zero-order valence-corrected chi connectivity index (χ0v) is 15.7. The number of nitrogens with one attached hydrogen (secondary N) is 1. The Labute approximate surface area is 155 Å². The summed E-state index contributed by atoms with van der Waals surface area (Å²) in [6.07, 6.45) is 1.54. The van der Waals surface area contributed by atoms with Crippen LogP contribution in [0.2, 0.25) is 0 Å². The van der Waals surface area contributed by atoms with Crippen LogP contribution < -0.4 is 10.2 Å². The molecule has 2 amide bonds. The molecule has 2 fully saturated rings. The van der Waals surface area contributed by atoms with E-state index in [2.05, 4.69) is 24.1 Å². The number of hydrogen-bond donors (Lipinski definition) is 1. The van der Waals surface area contributed by atoms with Gasteiger partial charge in [0.05, 0.1) is 12.7 Å². The first kappa shape index (κ1) is 18.9. The Kier molecular flexibility index (Phi) is 6.27. The van der Waals surface area contributed by atoms with E-state index in [0.29, 0.717) is 31.1 Å². The number of nitrogens with zero attached hydrogens (tertiary/aromatic N) is 2. The lowest BCUT2D eigenvalue weighted by Crippen LogP contribution is -2.48. The summed E-state index contributed by atoms with van der Waals surface area (Å²) in [6, 6.07) is 7.26. The largest absolute Gasteiger partial charge is 0.374 e. The van der Waals surface area contributed by atoms with Crippen LogP contribution in [0.4, 0.5) is 5.69 Å². The van der Waals surface area contributed by atoms with Crippen molar-refractivity contribution in [3.8, 4) is 0 Å². The van der Waals surface area contributed by atoms with Gasteiger partial charge in [-0.25, -0.2) is 0 Å². The van der Waals surface area contributed by atoms with Crippen molar-refractivity contribution in [2.24, 2.45) is 5.92 Å². The number of ether oxygens (including phenoxy) is 1. The Morgan fingerprint density at radius 3 is 2.69 bits per heavy atom. The first-order valence-electron chi connectivity index (χ1n) is 9.55. The summed E-state index contributed by atoms with van der Waals surface area (Å²) in [5, 5.41) is 2.97. The van der Waals surface area contributed by atoms with E-state index < -0.39 is 0 Å². The number of carbonyl (C=O) groups is 2. The van der Waals surface area contributed by atoms with E-state index in [1.54, 1.807) is 17.0 Å². The molecule has 1 aromatic rings. The maximum absolute atomic E-state index is 12.4. The molecule has 0 spiro atoms. The zero-order chi connectivity index (χ0) is 18.5. The number of hydrogen-bond acceptors (Lipinski definition) is 4. The molecule has 2 heterocycles. The minimum Gasteiger partial charge on any atom is -0.374 e. The van der Waals surface area contributed by atoms with E-state index in [4.69, 9.17) is 4.74 Å². The monoisotopic (exact) mass is 359 g/mol. The van der Waals surface area contributed by atoms with E-state index in [0.717, 1.165) is 38.3 Å². The van der Waals surface area contributed by atoms with Gasteiger partial charge in [0.15, 0.2) is 0 Å². The number of amides is 2. The smallest absolute Gasteiger partial charge is 0.251 e. The highest BCUT2D eigenvalue weighted by Gasteiger charge is 2.23. The zero-order valence-electron chi connectivity index (χ0n) is 15.7. The maximum atomic E-state index is 12.4. The van der Waals surface area contributed by atoms with Gasteiger partial charge in [-0.05, 0) is 36.6 Å². The van der Waals surface area contributed by atoms with Crippen molar-refractivity contribution in [3.63, 3.8) is 0 Å². The minimum absolute atomic E-state index is 0.0351.